The average molecular weight is 277 g/mol. The van der Waals surface area contributed by atoms with Crippen LogP contribution in [0.15, 0.2) is 18.2 Å². The molecule has 1 fully saturated rings. The highest BCUT2D eigenvalue weighted by molar-refractivity contribution is 5.51. The fourth-order valence-corrected chi connectivity index (χ4v) is 2.95. The van der Waals surface area contributed by atoms with Crippen molar-refractivity contribution in [3.63, 3.8) is 0 Å². The molecule has 1 aromatic carbocycles. The molecule has 1 unspecified atom stereocenters. The zero-order valence-corrected chi connectivity index (χ0v) is 12.9. The quantitative estimate of drug-likeness (QED) is 0.857. The third kappa shape index (κ3) is 3.64. The van der Waals surface area contributed by atoms with Gasteiger partial charge in [0.1, 0.15) is 5.75 Å². The Balaban J connectivity index is 2.10. The summed E-state index contributed by atoms with van der Waals surface area (Å²) in [4.78, 5) is 5.01. The second-order valence-electron chi connectivity index (χ2n) is 5.71. The maximum absolute atomic E-state index is 6.15. The number of benzene rings is 1. The molecule has 1 atom stereocenters. The van der Waals surface area contributed by atoms with Gasteiger partial charge in [0.25, 0.3) is 0 Å². The van der Waals surface area contributed by atoms with Crippen molar-refractivity contribution in [2.24, 2.45) is 0 Å². The van der Waals surface area contributed by atoms with E-state index in [1.807, 2.05) is 12.1 Å². The number of hydrogen-bond acceptors (Lipinski definition) is 4. The number of nitrogens with zero attached hydrogens (tertiary/aromatic N) is 2. The Labute approximate surface area is 122 Å². The van der Waals surface area contributed by atoms with Gasteiger partial charge in [-0.3, -0.25) is 4.90 Å². The highest BCUT2D eigenvalue weighted by atomic mass is 16.5. The summed E-state index contributed by atoms with van der Waals surface area (Å²) in [6, 6.07) is 6.62. The van der Waals surface area contributed by atoms with Crippen molar-refractivity contribution in [3.8, 4) is 5.75 Å². The fourth-order valence-electron chi connectivity index (χ4n) is 2.95. The monoisotopic (exact) mass is 277 g/mol. The summed E-state index contributed by atoms with van der Waals surface area (Å²) < 4.78 is 5.22. The molecule has 0 aliphatic carbocycles. The van der Waals surface area contributed by atoms with Gasteiger partial charge < -0.3 is 15.4 Å². The first-order chi connectivity index (χ1) is 9.63. The van der Waals surface area contributed by atoms with Gasteiger partial charge in [0.15, 0.2) is 0 Å². The largest absolute Gasteiger partial charge is 0.497 e. The van der Waals surface area contributed by atoms with E-state index in [-0.39, 0.29) is 0 Å². The fraction of sp³-hybridized carbons (Fsp3) is 0.625. The molecule has 0 saturated carbocycles. The van der Waals surface area contributed by atoms with Gasteiger partial charge in [0, 0.05) is 37.4 Å². The van der Waals surface area contributed by atoms with E-state index in [4.69, 9.17) is 10.5 Å². The van der Waals surface area contributed by atoms with E-state index in [1.165, 1.54) is 24.9 Å². The molecule has 112 valence electrons. The second kappa shape index (κ2) is 6.95. The molecule has 0 bridgehead atoms. The molecular formula is C16H27N3O. The molecule has 0 aromatic heterocycles. The van der Waals surface area contributed by atoms with Crippen LogP contribution in [0.2, 0.25) is 0 Å². The van der Waals surface area contributed by atoms with Gasteiger partial charge in [-0.25, -0.2) is 0 Å². The maximum Gasteiger partial charge on any atom is 0.120 e. The Kier molecular flexibility index (Phi) is 5.26. The zero-order chi connectivity index (χ0) is 14.5. The number of ether oxygens (including phenoxy) is 1. The zero-order valence-electron chi connectivity index (χ0n) is 12.9. The minimum atomic E-state index is 0.615. The Morgan fingerprint density at radius 2 is 2.15 bits per heavy atom. The number of rotatable bonds is 4. The number of hydrogen-bond donors (Lipinski definition) is 1. The SMILES string of the molecule is CCC1CN(C)CCCN1Cc1ccc(OC)cc1N. The molecule has 1 aliphatic rings. The summed E-state index contributed by atoms with van der Waals surface area (Å²) in [6.45, 7) is 6.68. The van der Waals surface area contributed by atoms with Gasteiger partial charge in [-0.1, -0.05) is 13.0 Å². The molecule has 4 nitrogen and oxygen atoms in total. The van der Waals surface area contributed by atoms with Crippen molar-refractivity contribution in [1.82, 2.24) is 9.80 Å². The number of anilines is 1. The number of nitrogens with two attached hydrogens (primary N) is 1. The molecule has 0 radical (unpaired) electrons. The van der Waals surface area contributed by atoms with Gasteiger partial charge >= 0.3 is 0 Å². The topological polar surface area (TPSA) is 41.7 Å². The van der Waals surface area contributed by atoms with Crippen molar-refractivity contribution in [1.29, 1.82) is 0 Å². The van der Waals surface area contributed by atoms with Crippen LogP contribution in [-0.4, -0.2) is 49.6 Å². The van der Waals surface area contributed by atoms with Gasteiger partial charge in [0.05, 0.1) is 7.11 Å². The molecule has 0 spiro atoms. The lowest BCUT2D eigenvalue weighted by molar-refractivity contribution is 0.176. The summed E-state index contributed by atoms with van der Waals surface area (Å²) >= 11 is 0. The van der Waals surface area contributed by atoms with E-state index < -0.39 is 0 Å². The minimum absolute atomic E-state index is 0.615. The highest BCUT2D eigenvalue weighted by Gasteiger charge is 2.22. The maximum atomic E-state index is 6.15. The summed E-state index contributed by atoms with van der Waals surface area (Å²) in [5, 5.41) is 0. The third-order valence-electron chi connectivity index (χ3n) is 4.22. The molecule has 20 heavy (non-hydrogen) atoms. The van der Waals surface area contributed by atoms with Crippen LogP contribution in [-0.2, 0) is 6.54 Å². The Morgan fingerprint density at radius 1 is 1.35 bits per heavy atom. The predicted molar refractivity (Wildman–Crippen MR) is 84.0 cm³/mol. The van der Waals surface area contributed by atoms with Crippen LogP contribution in [0.25, 0.3) is 0 Å². The Bertz CT molecular complexity index is 436. The van der Waals surface area contributed by atoms with Crippen LogP contribution < -0.4 is 10.5 Å². The molecule has 4 heteroatoms. The standard InChI is InChI=1S/C16H27N3O/c1-4-14-12-18(2)8-5-9-19(14)11-13-6-7-15(20-3)10-16(13)17/h6-7,10,14H,4-5,8-9,11-12,17H2,1-3H3. The van der Waals surface area contributed by atoms with Crippen LogP contribution in [0.1, 0.15) is 25.3 Å². The second-order valence-corrected chi connectivity index (χ2v) is 5.71. The minimum Gasteiger partial charge on any atom is -0.497 e. The van der Waals surface area contributed by atoms with Crippen LogP contribution in [0.4, 0.5) is 5.69 Å². The van der Waals surface area contributed by atoms with Crippen molar-refractivity contribution in [2.45, 2.75) is 32.4 Å². The molecule has 0 amide bonds. The summed E-state index contributed by atoms with van der Waals surface area (Å²) in [7, 11) is 3.89. The van der Waals surface area contributed by atoms with Crippen LogP contribution in [0.3, 0.4) is 0 Å². The summed E-state index contributed by atoms with van der Waals surface area (Å²) in [5.41, 5.74) is 8.18. The van der Waals surface area contributed by atoms with Crippen molar-refractivity contribution in [3.05, 3.63) is 23.8 Å². The Hall–Kier alpha value is -1.26. The molecule has 1 aromatic rings. The first-order valence-electron chi connectivity index (χ1n) is 7.49. The molecule has 2 N–H and O–H groups in total. The smallest absolute Gasteiger partial charge is 0.120 e. The van der Waals surface area contributed by atoms with Gasteiger partial charge in [-0.2, -0.15) is 0 Å². The third-order valence-corrected chi connectivity index (χ3v) is 4.22. The lowest BCUT2D eigenvalue weighted by Crippen LogP contribution is -2.39. The van der Waals surface area contributed by atoms with Gasteiger partial charge in [-0.05, 0) is 38.1 Å². The van der Waals surface area contributed by atoms with E-state index in [0.717, 1.165) is 31.1 Å². The molecule has 1 heterocycles. The highest BCUT2D eigenvalue weighted by Crippen LogP contribution is 2.23. The lowest BCUT2D eigenvalue weighted by Gasteiger charge is -2.30. The van der Waals surface area contributed by atoms with Crippen LogP contribution in [0, 0.1) is 0 Å². The normalized spacial score (nSPS) is 21.6. The van der Waals surface area contributed by atoms with E-state index >= 15 is 0 Å². The first-order valence-corrected chi connectivity index (χ1v) is 7.49. The van der Waals surface area contributed by atoms with E-state index in [1.54, 1.807) is 7.11 Å². The average Bonchev–Trinajstić information content (AvgIpc) is 2.62. The van der Waals surface area contributed by atoms with Gasteiger partial charge in [0.2, 0.25) is 0 Å². The van der Waals surface area contributed by atoms with Crippen LogP contribution >= 0.6 is 0 Å². The van der Waals surface area contributed by atoms with Gasteiger partial charge in [-0.15, -0.1) is 0 Å². The van der Waals surface area contributed by atoms with Crippen molar-refractivity contribution in [2.75, 3.05) is 39.5 Å². The van der Waals surface area contributed by atoms with E-state index in [9.17, 15) is 0 Å². The van der Waals surface area contributed by atoms with Crippen molar-refractivity contribution >= 4 is 5.69 Å². The number of likely N-dealkylation sites (N-methyl/N-ethyl adjacent to an activating group) is 1. The molecule has 2 rings (SSSR count). The molecular weight excluding hydrogens is 250 g/mol. The predicted octanol–water partition coefficient (Wildman–Crippen LogP) is 2.19. The summed E-state index contributed by atoms with van der Waals surface area (Å²) in [5.74, 6) is 0.828. The number of nitrogen functional groups attached to an aromatic ring is 1. The summed E-state index contributed by atoms with van der Waals surface area (Å²) in [6.07, 6.45) is 2.41. The molecule has 1 saturated heterocycles. The lowest BCUT2D eigenvalue weighted by atomic mass is 10.1. The van der Waals surface area contributed by atoms with Crippen molar-refractivity contribution < 1.29 is 4.74 Å². The van der Waals surface area contributed by atoms with E-state index in [2.05, 4.69) is 29.8 Å². The van der Waals surface area contributed by atoms with E-state index in [0.29, 0.717) is 6.04 Å². The Morgan fingerprint density at radius 3 is 2.80 bits per heavy atom. The number of methoxy groups -OCH3 is 1. The first kappa shape index (κ1) is 15.1. The van der Waals surface area contributed by atoms with Crippen LogP contribution in [0.5, 0.6) is 5.75 Å². The molecule has 1 aliphatic heterocycles.